The fourth-order valence-electron chi connectivity index (χ4n) is 1.66. The average Bonchev–Trinajstić information content (AvgIpc) is 2.35. The quantitative estimate of drug-likeness (QED) is 0.695. The van der Waals surface area contributed by atoms with Crippen molar-refractivity contribution in [1.29, 1.82) is 0 Å². The molecule has 0 spiro atoms. The van der Waals surface area contributed by atoms with E-state index in [1.54, 1.807) is 13.0 Å². The second-order valence-corrected chi connectivity index (χ2v) is 7.06. The van der Waals surface area contributed by atoms with Gasteiger partial charge in [-0.1, -0.05) is 11.6 Å². The number of aliphatic carboxylic acids is 1. The summed E-state index contributed by atoms with van der Waals surface area (Å²) < 4.78 is 22.1. The Balaban J connectivity index is 2.86. The third-order valence-electron chi connectivity index (χ3n) is 2.78. The maximum atomic E-state index is 12.0. The van der Waals surface area contributed by atoms with E-state index in [9.17, 15) is 23.1 Å². The van der Waals surface area contributed by atoms with Gasteiger partial charge < -0.3 is 15.5 Å². The molecule has 1 rings (SSSR count). The first-order valence-electron chi connectivity index (χ1n) is 6.11. The van der Waals surface area contributed by atoms with Gasteiger partial charge >= 0.3 is 5.97 Å². The van der Waals surface area contributed by atoms with Gasteiger partial charge in [-0.25, -0.2) is 13.2 Å². The summed E-state index contributed by atoms with van der Waals surface area (Å²) in [5.74, 6) is -2.73. The Morgan fingerprint density at radius 1 is 1.33 bits per heavy atom. The van der Waals surface area contributed by atoms with Crippen molar-refractivity contribution in [2.75, 3.05) is 12.0 Å². The number of hydrogen-bond acceptors (Lipinski definition) is 5. The van der Waals surface area contributed by atoms with Crippen LogP contribution in [0.25, 0.3) is 0 Å². The van der Waals surface area contributed by atoms with E-state index in [-0.39, 0.29) is 23.5 Å². The summed E-state index contributed by atoms with van der Waals surface area (Å²) in [4.78, 5) is 23.0. The first-order chi connectivity index (χ1) is 9.60. The molecule has 0 saturated carbocycles. The van der Waals surface area contributed by atoms with Gasteiger partial charge in [-0.15, -0.1) is 0 Å². The minimum Gasteiger partial charge on any atom is -0.507 e. The molecule has 7 nitrogen and oxygen atoms in total. The van der Waals surface area contributed by atoms with Gasteiger partial charge in [-0.2, -0.15) is 0 Å². The monoisotopic (exact) mass is 315 g/mol. The first kappa shape index (κ1) is 17.0. The van der Waals surface area contributed by atoms with E-state index >= 15 is 0 Å². The topological polar surface area (TPSA) is 121 Å². The highest BCUT2D eigenvalue weighted by atomic mass is 32.2. The summed E-state index contributed by atoms with van der Waals surface area (Å²) in [6.45, 7) is 1.72. The molecule has 1 atom stereocenters. The summed E-state index contributed by atoms with van der Waals surface area (Å²) in [6.07, 6.45) is 0.743. The van der Waals surface area contributed by atoms with Crippen molar-refractivity contribution in [3.05, 3.63) is 29.3 Å². The zero-order valence-electron chi connectivity index (χ0n) is 11.7. The Labute approximate surface area is 122 Å². The van der Waals surface area contributed by atoms with Crippen LogP contribution in [0.5, 0.6) is 5.75 Å². The first-order valence-corrected chi connectivity index (χ1v) is 8.17. The number of phenols is 1. The van der Waals surface area contributed by atoms with Crippen LogP contribution in [0.1, 0.15) is 22.3 Å². The van der Waals surface area contributed by atoms with Crippen molar-refractivity contribution >= 4 is 21.7 Å². The van der Waals surface area contributed by atoms with Crippen molar-refractivity contribution in [3.63, 3.8) is 0 Å². The summed E-state index contributed by atoms with van der Waals surface area (Å²) in [6, 6.07) is 3.01. The Kier molecular flexibility index (Phi) is 5.31. The molecule has 1 aromatic rings. The number of rotatable bonds is 6. The summed E-state index contributed by atoms with van der Waals surface area (Å²) in [5, 5.41) is 20.8. The van der Waals surface area contributed by atoms with Crippen LogP contribution < -0.4 is 5.32 Å². The number of carboxylic acids is 1. The Morgan fingerprint density at radius 2 is 1.95 bits per heavy atom. The molecular formula is C13H17NO6S. The Morgan fingerprint density at radius 3 is 2.48 bits per heavy atom. The molecule has 0 aliphatic carbocycles. The van der Waals surface area contributed by atoms with E-state index in [1.807, 2.05) is 0 Å². The van der Waals surface area contributed by atoms with Gasteiger partial charge in [0, 0.05) is 6.26 Å². The molecule has 21 heavy (non-hydrogen) atoms. The maximum absolute atomic E-state index is 12.0. The predicted molar refractivity (Wildman–Crippen MR) is 76.1 cm³/mol. The second-order valence-electron chi connectivity index (χ2n) is 4.80. The van der Waals surface area contributed by atoms with Crippen LogP contribution in [-0.2, 0) is 14.6 Å². The van der Waals surface area contributed by atoms with E-state index in [2.05, 4.69) is 5.32 Å². The highest BCUT2D eigenvalue weighted by molar-refractivity contribution is 7.90. The number of carbonyl (C=O) groups is 2. The number of benzene rings is 1. The average molecular weight is 315 g/mol. The predicted octanol–water partition coefficient (Wildman–Crippen LogP) is 0.318. The number of hydrogen-bond donors (Lipinski definition) is 3. The molecule has 0 aliphatic rings. The number of amides is 1. The molecule has 0 heterocycles. The molecular weight excluding hydrogens is 298 g/mol. The fourth-order valence-corrected chi connectivity index (χ4v) is 2.32. The Bertz CT molecular complexity index is 653. The SMILES string of the molecule is Cc1ccc(O)c(C(=O)NC(CCS(C)(=O)=O)C(=O)O)c1. The third-order valence-corrected chi connectivity index (χ3v) is 3.75. The molecule has 1 amide bonds. The van der Waals surface area contributed by atoms with Crippen LogP contribution in [0.3, 0.4) is 0 Å². The minimum atomic E-state index is -3.33. The van der Waals surface area contributed by atoms with Crippen molar-refractivity contribution in [2.24, 2.45) is 0 Å². The van der Waals surface area contributed by atoms with E-state index in [0.29, 0.717) is 0 Å². The maximum Gasteiger partial charge on any atom is 0.326 e. The van der Waals surface area contributed by atoms with Gasteiger partial charge in [0.15, 0.2) is 0 Å². The molecule has 3 N–H and O–H groups in total. The number of carboxylic acid groups (broad SMARTS) is 1. The number of sulfone groups is 1. The van der Waals surface area contributed by atoms with Crippen LogP contribution in [0.2, 0.25) is 0 Å². The molecule has 116 valence electrons. The molecule has 0 aliphatic heterocycles. The van der Waals surface area contributed by atoms with Crippen molar-refractivity contribution in [1.82, 2.24) is 5.32 Å². The fraction of sp³-hybridized carbons (Fsp3) is 0.385. The van der Waals surface area contributed by atoms with Gasteiger partial charge in [0.05, 0.1) is 11.3 Å². The van der Waals surface area contributed by atoms with Crippen LogP contribution >= 0.6 is 0 Å². The molecule has 1 unspecified atom stereocenters. The molecule has 0 saturated heterocycles. The lowest BCUT2D eigenvalue weighted by atomic mass is 10.1. The number of aromatic hydroxyl groups is 1. The summed E-state index contributed by atoms with van der Waals surface area (Å²) >= 11 is 0. The number of nitrogens with one attached hydrogen (secondary N) is 1. The van der Waals surface area contributed by atoms with E-state index in [4.69, 9.17) is 5.11 Å². The molecule has 8 heteroatoms. The number of phenolic OH excluding ortho intramolecular Hbond substituents is 1. The van der Waals surface area contributed by atoms with E-state index < -0.39 is 27.8 Å². The lowest BCUT2D eigenvalue weighted by Crippen LogP contribution is -2.41. The van der Waals surface area contributed by atoms with Crippen molar-refractivity contribution in [2.45, 2.75) is 19.4 Å². The largest absolute Gasteiger partial charge is 0.507 e. The van der Waals surface area contributed by atoms with E-state index in [0.717, 1.165) is 11.8 Å². The van der Waals surface area contributed by atoms with Crippen LogP contribution in [0, 0.1) is 6.92 Å². The highest BCUT2D eigenvalue weighted by Gasteiger charge is 2.23. The van der Waals surface area contributed by atoms with Crippen molar-refractivity contribution in [3.8, 4) is 5.75 Å². The van der Waals surface area contributed by atoms with E-state index in [1.165, 1.54) is 12.1 Å². The number of aryl methyl sites for hydroxylation is 1. The highest BCUT2D eigenvalue weighted by Crippen LogP contribution is 2.18. The van der Waals surface area contributed by atoms with Crippen molar-refractivity contribution < 1.29 is 28.2 Å². The molecule has 1 aromatic carbocycles. The van der Waals surface area contributed by atoms with Crippen LogP contribution in [0.4, 0.5) is 0 Å². The van der Waals surface area contributed by atoms with Gasteiger partial charge in [-0.05, 0) is 25.5 Å². The second kappa shape index (κ2) is 6.57. The third kappa shape index (κ3) is 5.42. The van der Waals surface area contributed by atoms with Gasteiger partial charge in [-0.3, -0.25) is 4.79 Å². The van der Waals surface area contributed by atoms with Gasteiger partial charge in [0.25, 0.3) is 5.91 Å². The molecule has 0 aromatic heterocycles. The minimum absolute atomic E-state index is 0.0550. The van der Waals surface area contributed by atoms with Crippen LogP contribution in [-0.4, -0.2) is 48.6 Å². The lowest BCUT2D eigenvalue weighted by Gasteiger charge is -2.14. The normalized spacial score (nSPS) is 12.7. The summed E-state index contributed by atoms with van der Waals surface area (Å²) in [7, 11) is -3.33. The van der Waals surface area contributed by atoms with Gasteiger partial charge in [0.1, 0.15) is 21.6 Å². The number of carbonyl (C=O) groups excluding carboxylic acids is 1. The zero-order valence-corrected chi connectivity index (χ0v) is 12.5. The smallest absolute Gasteiger partial charge is 0.326 e. The van der Waals surface area contributed by atoms with Crippen LogP contribution in [0.15, 0.2) is 18.2 Å². The lowest BCUT2D eigenvalue weighted by molar-refractivity contribution is -0.139. The standard InChI is InChI=1S/C13H17NO6S/c1-8-3-4-11(15)9(7-8)12(16)14-10(13(17)18)5-6-21(2,19)20/h3-4,7,10,15H,5-6H2,1-2H3,(H,14,16)(H,17,18). The molecule has 0 fully saturated rings. The van der Waals surface area contributed by atoms with Gasteiger partial charge in [0.2, 0.25) is 0 Å². The summed E-state index contributed by atoms with van der Waals surface area (Å²) in [5.41, 5.74) is 0.668. The molecule has 0 bridgehead atoms. The molecule has 0 radical (unpaired) electrons. The zero-order chi connectivity index (χ0) is 16.2. The Hall–Kier alpha value is -2.09.